The molecule has 2 aliphatic carbocycles. The van der Waals surface area contributed by atoms with E-state index in [1.54, 1.807) is 6.07 Å². The number of benzene rings is 1. The molecule has 10 heteroatoms. The number of alkyl halides is 2. The minimum absolute atomic E-state index is 0.343. The van der Waals surface area contributed by atoms with Crippen LogP contribution in [-0.4, -0.2) is 36.0 Å². The monoisotopic (exact) mass is 632 g/mol. The number of halogens is 4. The zero-order valence-electron chi connectivity index (χ0n) is 15.3. The van der Waals surface area contributed by atoms with Gasteiger partial charge in [0.1, 0.15) is 18.0 Å². The molecule has 6 unspecified atom stereocenters. The molecule has 156 valence electrons. The average molecular weight is 632 g/mol. The van der Waals surface area contributed by atoms with E-state index >= 15 is 0 Å². The average Bonchev–Trinajstić information content (AvgIpc) is 3.21. The lowest BCUT2D eigenvalue weighted by Gasteiger charge is -2.30. The molecule has 1 heterocycles. The van der Waals surface area contributed by atoms with Gasteiger partial charge in [0.2, 0.25) is 0 Å². The van der Waals surface area contributed by atoms with Gasteiger partial charge in [-0.25, -0.2) is 4.79 Å². The highest BCUT2D eigenvalue weighted by atomic mass is 127. The molecule has 2 saturated carbocycles. The van der Waals surface area contributed by atoms with E-state index in [1.807, 2.05) is 13.0 Å². The van der Waals surface area contributed by atoms with Gasteiger partial charge in [-0.1, -0.05) is 0 Å². The molecule has 0 N–H and O–H groups in total. The molecule has 3 aliphatic rings. The van der Waals surface area contributed by atoms with Crippen molar-refractivity contribution in [2.45, 2.75) is 38.4 Å². The first-order valence-electron chi connectivity index (χ1n) is 8.95. The fourth-order valence-electron chi connectivity index (χ4n) is 4.64. The number of esters is 3. The fraction of sp³-hybridized carbons (Fsp3) is 0.526. The first kappa shape index (κ1) is 21.2. The third-order valence-electron chi connectivity index (χ3n) is 5.82. The highest BCUT2D eigenvalue weighted by molar-refractivity contribution is 14.1. The molecule has 2 bridgehead atoms. The first-order valence-corrected chi connectivity index (χ1v) is 11.1. The lowest BCUT2D eigenvalue weighted by Crippen LogP contribution is -2.46. The molecule has 1 aromatic rings. The molecule has 4 rings (SSSR count). The van der Waals surface area contributed by atoms with E-state index in [1.165, 1.54) is 0 Å². The van der Waals surface area contributed by atoms with Crippen LogP contribution in [0.4, 0.5) is 8.78 Å². The van der Waals surface area contributed by atoms with Crippen molar-refractivity contribution in [3.05, 3.63) is 24.8 Å². The van der Waals surface area contributed by atoms with Gasteiger partial charge >= 0.3 is 23.8 Å². The van der Waals surface area contributed by atoms with Crippen LogP contribution >= 0.6 is 45.2 Å². The highest BCUT2D eigenvalue weighted by Gasteiger charge is 2.70. The van der Waals surface area contributed by atoms with Gasteiger partial charge in [-0.3, -0.25) is 9.59 Å². The number of carbonyl (C=O) groups excluding carboxylic acids is 3. The Morgan fingerprint density at radius 2 is 1.93 bits per heavy atom. The third-order valence-corrected chi connectivity index (χ3v) is 7.82. The lowest BCUT2D eigenvalue weighted by molar-refractivity contribution is -0.185. The van der Waals surface area contributed by atoms with Crippen molar-refractivity contribution < 1.29 is 37.4 Å². The van der Waals surface area contributed by atoms with Gasteiger partial charge in [0.05, 0.1) is 15.4 Å². The van der Waals surface area contributed by atoms with Gasteiger partial charge in [-0.15, -0.1) is 0 Å². The van der Waals surface area contributed by atoms with Crippen molar-refractivity contribution >= 4 is 63.1 Å². The molecule has 0 spiro atoms. The van der Waals surface area contributed by atoms with Gasteiger partial charge in [0.25, 0.3) is 0 Å². The minimum atomic E-state index is -3.67. The summed E-state index contributed by atoms with van der Waals surface area (Å²) in [6.07, 6.45) is -1.47. The topological polar surface area (TPSA) is 78.9 Å². The zero-order chi connectivity index (χ0) is 21.2. The number of carbonyl (C=O) groups is 3. The Balaban J connectivity index is 1.60. The summed E-state index contributed by atoms with van der Waals surface area (Å²) in [5, 5.41) is 0. The van der Waals surface area contributed by atoms with Crippen molar-refractivity contribution in [1.82, 2.24) is 0 Å². The Hall–Kier alpha value is -1.05. The second-order valence-corrected chi connectivity index (χ2v) is 10.1. The Kier molecular flexibility index (Phi) is 5.32. The number of rotatable bonds is 4. The van der Waals surface area contributed by atoms with E-state index in [0.29, 0.717) is 19.1 Å². The van der Waals surface area contributed by atoms with Crippen molar-refractivity contribution in [3.8, 4) is 5.75 Å². The predicted octanol–water partition coefficient (Wildman–Crippen LogP) is 3.48. The summed E-state index contributed by atoms with van der Waals surface area (Å²) in [5.74, 6) is -8.73. The van der Waals surface area contributed by atoms with Gasteiger partial charge in [0, 0.05) is 22.3 Å². The number of hydrogen-bond acceptors (Lipinski definition) is 6. The van der Waals surface area contributed by atoms with Crippen LogP contribution in [0.1, 0.15) is 18.9 Å². The maximum atomic E-state index is 13.3. The van der Waals surface area contributed by atoms with Crippen LogP contribution in [0, 0.1) is 37.7 Å². The van der Waals surface area contributed by atoms with Crippen LogP contribution < -0.4 is 4.74 Å². The molecular weight excluding hydrogens is 616 g/mol. The second-order valence-electron chi connectivity index (χ2n) is 7.73. The van der Waals surface area contributed by atoms with Crippen LogP contribution in [0.25, 0.3) is 0 Å². The summed E-state index contributed by atoms with van der Waals surface area (Å²) in [7, 11) is 0. The quantitative estimate of drug-likeness (QED) is 0.288. The second kappa shape index (κ2) is 7.27. The molecule has 0 amide bonds. The highest BCUT2D eigenvalue weighted by Crippen LogP contribution is 2.59. The number of aryl methyl sites for hydroxylation is 1. The maximum Gasteiger partial charge on any atom is 0.377 e. The molecule has 3 fully saturated rings. The van der Waals surface area contributed by atoms with E-state index in [0.717, 1.165) is 12.7 Å². The minimum Gasteiger partial charge on any atom is -0.458 e. The van der Waals surface area contributed by atoms with E-state index in [9.17, 15) is 23.2 Å². The van der Waals surface area contributed by atoms with E-state index in [4.69, 9.17) is 14.2 Å². The van der Waals surface area contributed by atoms with E-state index in [-0.39, 0.29) is 5.92 Å². The summed E-state index contributed by atoms with van der Waals surface area (Å²) < 4.78 is 44.2. The number of fused-ring (bicyclic) bond motifs is 1. The number of hydrogen-bond donors (Lipinski definition) is 0. The first-order chi connectivity index (χ1) is 13.5. The van der Waals surface area contributed by atoms with Crippen molar-refractivity contribution in [2.24, 2.45) is 23.7 Å². The van der Waals surface area contributed by atoms with Gasteiger partial charge in [-0.2, -0.15) is 8.78 Å². The standard InChI is InChI=1S/C19H16F2I2O6/c1-6-3-7(22)4-10(13(6)23)27-16(24)11-9-5-8-12(11)17(25)28-14(8)15(9)29-18(26)19(2,20)21/h3-4,8-9,11-12,14-15H,5H2,1-2H3. The lowest BCUT2D eigenvalue weighted by atomic mass is 9.78. The molecule has 0 radical (unpaired) electrons. The summed E-state index contributed by atoms with van der Waals surface area (Å²) in [6, 6.07) is 3.65. The molecule has 6 nitrogen and oxygen atoms in total. The van der Waals surface area contributed by atoms with Gasteiger partial charge in [-0.05, 0) is 76.2 Å². The summed E-state index contributed by atoms with van der Waals surface area (Å²) in [6.45, 7) is 2.33. The smallest absolute Gasteiger partial charge is 0.377 e. The maximum absolute atomic E-state index is 13.3. The van der Waals surface area contributed by atoms with Crippen molar-refractivity contribution in [3.63, 3.8) is 0 Å². The SMILES string of the molecule is Cc1cc(I)cc(OC(=O)C2C3CC4C(OC(=O)C42)C3OC(=O)C(C)(F)F)c1I. The predicted molar refractivity (Wildman–Crippen MR) is 111 cm³/mol. The van der Waals surface area contributed by atoms with Crippen molar-refractivity contribution in [2.75, 3.05) is 0 Å². The zero-order valence-corrected chi connectivity index (χ0v) is 19.6. The Morgan fingerprint density at radius 3 is 2.59 bits per heavy atom. The normalized spacial score (nSPS) is 32.3. The Labute approximate surface area is 192 Å². The molecule has 1 saturated heterocycles. The van der Waals surface area contributed by atoms with Gasteiger partial charge < -0.3 is 14.2 Å². The summed E-state index contributed by atoms with van der Waals surface area (Å²) in [4.78, 5) is 37.1. The summed E-state index contributed by atoms with van der Waals surface area (Å²) >= 11 is 4.18. The van der Waals surface area contributed by atoms with Crippen LogP contribution in [0.2, 0.25) is 0 Å². The van der Waals surface area contributed by atoms with Crippen LogP contribution in [0.15, 0.2) is 12.1 Å². The fourth-order valence-corrected chi connectivity index (χ4v) is 5.81. The molecular formula is C19H16F2I2O6. The Bertz CT molecular complexity index is 915. The molecule has 1 aliphatic heterocycles. The molecule has 29 heavy (non-hydrogen) atoms. The third kappa shape index (κ3) is 3.53. The largest absolute Gasteiger partial charge is 0.458 e. The van der Waals surface area contributed by atoms with E-state index < -0.39 is 53.8 Å². The van der Waals surface area contributed by atoms with Crippen molar-refractivity contribution in [1.29, 1.82) is 0 Å². The number of ether oxygens (including phenoxy) is 3. The molecule has 6 atom stereocenters. The van der Waals surface area contributed by atoms with Crippen LogP contribution in [0.5, 0.6) is 5.75 Å². The van der Waals surface area contributed by atoms with Crippen LogP contribution in [0.3, 0.4) is 0 Å². The van der Waals surface area contributed by atoms with Crippen LogP contribution in [-0.2, 0) is 23.9 Å². The molecule has 1 aromatic carbocycles. The van der Waals surface area contributed by atoms with Gasteiger partial charge in [0.15, 0.2) is 0 Å². The molecule has 0 aromatic heterocycles. The summed E-state index contributed by atoms with van der Waals surface area (Å²) in [5.41, 5.74) is 0.936. The van der Waals surface area contributed by atoms with E-state index in [2.05, 4.69) is 45.2 Å². The Morgan fingerprint density at radius 1 is 1.24 bits per heavy atom.